The first-order chi connectivity index (χ1) is 10.0. The fraction of sp³-hybridized carbons (Fsp3) is 0.214. The number of rotatable bonds is 5. The molecule has 0 spiro atoms. The first-order valence-electron chi connectivity index (χ1n) is 6.14. The maximum Gasteiger partial charge on any atom is 0.119 e. The molecule has 0 bridgehead atoms. The standard InChI is InChI=1S/C14H14Br3N3O/c1-21-10-2-3-11(16)8(4-10)5-13(20-18)14-12(17)6-9(15)7-19-14/h2-4,6-7,13,20H,5,18H2,1H3. The van der Waals surface area contributed by atoms with E-state index in [1.165, 1.54) is 0 Å². The minimum absolute atomic E-state index is 0.115. The SMILES string of the molecule is COc1ccc(Br)c(CC(NN)c2ncc(Br)cc2Br)c1. The predicted molar refractivity (Wildman–Crippen MR) is 94.1 cm³/mol. The van der Waals surface area contributed by atoms with E-state index in [2.05, 4.69) is 58.2 Å². The van der Waals surface area contributed by atoms with Gasteiger partial charge in [-0.2, -0.15) is 0 Å². The van der Waals surface area contributed by atoms with E-state index in [1.54, 1.807) is 13.3 Å². The molecular weight excluding hydrogens is 466 g/mol. The van der Waals surface area contributed by atoms with Gasteiger partial charge in [0.05, 0.1) is 18.8 Å². The zero-order valence-corrected chi connectivity index (χ0v) is 16.0. The molecule has 2 rings (SSSR count). The summed E-state index contributed by atoms with van der Waals surface area (Å²) in [5.74, 6) is 6.52. The third-order valence-corrected chi connectivity index (χ3v) is 4.89. The van der Waals surface area contributed by atoms with E-state index in [0.29, 0.717) is 6.42 Å². The molecule has 1 heterocycles. The Morgan fingerprint density at radius 3 is 2.62 bits per heavy atom. The molecule has 1 unspecified atom stereocenters. The van der Waals surface area contributed by atoms with E-state index >= 15 is 0 Å². The van der Waals surface area contributed by atoms with E-state index in [1.807, 2.05) is 24.3 Å². The second kappa shape index (κ2) is 7.69. The van der Waals surface area contributed by atoms with Crippen molar-refractivity contribution in [3.63, 3.8) is 0 Å². The third kappa shape index (κ3) is 4.26. The Labute approximate surface area is 148 Å². The number of methoxy groups -OCH3 is 1. The maximum absolute atomic E-state index is 5.71. The van der Waals surface area contributed by atoms with Crippen LogP contribution in [0.5, 0.6) is 5.75 Å². The molecule has 3 N–H and O–H groups in total. The van der Waals surface area contributed by atoms with Crippen LogP contribution in [0.4, 0.5) is 0 Å². The van der Waals surface area contributed by atoms with Gasteiger partial charge in [0, 0.05) is 19.6 Å². The molecular formula is C14H14Br3N3O. The Morgan fingerprint density at radius 1 is 1.24 bits per heavy atom. The summed E-state index contributed by atoms with van der Waals surface area (Å²) >= 11 is 10.5. The number of hydrogen-bond acceptors (Lipinski definition) is 4. The van der Waals surface area contributed by atoms with Gasteiger partial charge in [-0.15, -0.1) is 0 Å². The first-order valence-corrected chi connectivity index (χ1v) is 8.52. The van der Waals surface area contributed by atoms with Crippen LogP contribution in [0.1, 0.15) is 17.3 Å². The number of benzene rings is 1. The summed E-state index contributed by atoms with van der Waals surface area (Å²) in [4.78, 5) is 4.43. The van der Waals surface area contributed by atoms with Crippen molar-refractivity contribution in [1.82, 2.24) is 10.4 Å². The van der Waals surface area contributed by atoms with Gasteiger partial charge in [-0.05, 0) is 68.1 Å². The smallest absolute Gasteiger partial charge is 0.119 e. The number of hydrazine groups is 1. The Kier molecular flexibility index (Phi) is 6.19. The number of pyridine rings is 1. The molecule has 0 aliphatic heterocycles. The lowest BCUT2D eigenvalue weighted by molar-refractivity contribution is 0.413. The molecule has 1 atom stereocenters. The summed E-state index contributed by atoms with van der Waals surface area (Å²) < 4.78 is 8.09. The monoisotopic (exact) mass is 477 g/mol. The third-order valence-electron chi connectivity index (χ3n) is 3.04. The zero-order chi connectivity index (χ0) is 15.4. The molecule has 7 heteroatoms. The number of aromatic nitrogens is 1. The molecule has 2 aromatic rings. The van der Waals surface area contributed by atoms with Gasteiger partial charge in [0.15, 0.2) is 0 Å². The van der Waals surface area contributed by atoms with Crippen LogP contribution < -0.4 is 16.0 Å². The maximum atomic E-state index is 5.71. The molecule has 4 nitrogen and oxygen atoms in total. The van der Waals surface area contributed by atoms with Crippen LogP contribution in [0.3, 0.4) is 0 Å². The van der Waals surface area contributed by atoms with Crippen LogP contribution in [-0.2, 0) is 6.42 Å². The summed E-state index contributed by atoms with van der Waals surface area (Å²) in [5.41, 5.74) is 4.77. The molecule has 0 saturated carbocycles. The first kappa shape index (κ1) is 16.9. The Balaban J connectivity index is 2.30. The molecule has 1 aromatic carbocycles. The summed E-state index contributed by atoms with van der Waals surface area (Å²) in [7, 11) is 1.65. The molecule has 1 aromatic heterocycles. The molecule has 112 valence electrons. The van der Waals surface area contributed by atoms with Gasteiger partial charge >= 0.3 is 0 Å². The van der Waals surface area contributed by atoms with Gasteiger partial charge in [-0.1, -0.05) is 15.9 Å². The van der Waals surface area contributed by atoms with Crippen LogP contribution in [0.15, 0.2) is 43.9 Å². The highest BCUT2D eigenvalue weighted by atomic mass is 79.9. The van der Waals surface area contributed by atoms with E-state index in [-0.39, 0.29) is 6.04 Å². The second-order valence-corrected chi connectivity index (χ2v) is 7.03. The lowest BCUT2D eigenvalue weighted by Crippen LogP contribution is -2.30. The quantitative estimate of drug-likeness (QED) is 0.500. The van der Waals surface area contributed by atoms with Crippen LogP contribution >= 0.6 is 47.8 Å². The number of nitrogens with zero attached hydrogens (tertiary/aromatic N) is 1. The van der Waals surface area contributed by atoms with Crippen molar-refractivity contribution in [2.24, 2.45) is 5.84 Å². The number of ether oxygens (including phenoxy) is 1. The van der Waals surface area contributed by atoms with Gasteiger partial charge in [-0.25, -0.2) is 0 Å². The van der Waals surface area contributed by atoms with Crippen molar-refractivity contribution in [2.45, 2.75) is 12.5 Å². The lowest BCUT2D eigenvalue weighted by atomic mass is 10.0. The average Bonchev–Trinajstić information content (AvgIpc) is 2.47. The van der Waals surface area contributed by atoms with Gasteiger partial charge in [0.2, 0.25) is 0 Å². The van der Waals surface area contributed by atoms with E-state index in [0.717, 1.165) is 30.4 Å². The van der Waals surface area contributed by atoms with Crippen molar-refractivity contribution in [1.29, 1.82) is 0 Å². The number of nitrogens with two attached hydrogens (primary N) is 1. The van der Waals surface area contributed by atoms with Crippen LogP contribution in [0.25, 0.3) is 0 Å². The van der Waals surface area contributed by atoms with Gasteiger partial charge < -0.3 is 4.74 Å². The van der Waals surface area contributed by atoms with Crippen molar-refractivity contribution >= 4 is 47.8 Å². The fourth-order valence-corrected chi connectivity index (χ4v) is 3.64. The summed E-state index contributed by atoms with van der Waals surface area (Å²) in [6.45, 7) is 0. The lowest BCUT2D eigenvalue weighted by Gasteiger charge is -2.18. The number of nitrogens with one attached hydrogen (secondary N) is 1. The fourth-order valence-electron chi connectivity index (χ4n) is 1.97. The molecule has 21 heavy (non-hydrogen) atoms. The minimum Gasteiger partial charge on any atom is -0.497 e. The highest BCUT2D eigenvalue weighted by molar-refractivity contribution is 9.11. The molecule has 0 saturated heterocycles. The van der Waals surface area contributed by atoms with E-state index in [9.17, 15) is 0 Å². The number of hydrogen-bond donors (Lipinski definition) is 2. The van der Waals surface area contributed by atoms with Gasteiger partial charge in [-0.3, -0.25) is 16.3 Å². The van der Waals surface area contributed by atoms with Crippen LogP contribution in [0, 0.1) is 0 Å². The number of halogens is 3. The average molecular weight is 480 g/mol. The topological polar surface area (TPSA) is 60.2 Å². The summed E-state index contributed by atoms with van der Waals surface area (Å²) in [6.07, 6.45) is 2.44. The molecule has 0 amide bonds. The summed E-state index contributed by atoms with van der Waals surface area (Å²) in [5, 5.41) is 0. The van der Waals surface area contributed by atoms with Crippen molar-refractivity contribution < 1.29 is 4.74 Å². The molecule has 0 fully saturated rings. The van der Waals surface area contributed by atoms with Gasteiger partial charge in [0.1, 0.15) is 5.75 Å². The Morgan fingerprint density at radius 2 is 2.00 bits per heavy atom. The molecule has 0 radical (unpaired) electrons. The predicted octanol–water partition coefficient (Wildman–Crippen LogP) is 4.12. The zero-order valence-electron chi connectivity index (χ0n) is 11.2. The highest BCUT2D eigenvalue weighted by Gasteiger charge is 2.17. The minimum atomic E-state index is -0.115. The molecule has 0 aliphatic carbocycles. The second-order valence-electron chi connectivity index (χ2n) is 4.40. The highest BCUT2D eigenvalue weighted by Crippen LogP contribution is 2.30. The van der Waals surface area contributed by atoms with Crippen molar-refractivity contribution in [3.05, 3.63) is 55.1 Å². The molecule has 0 aliphatic rings. The van der Waals surface area contributed by atoms with E-state index < -0.39 is 0 Å². The van der Waals surface area contributed by atoms with E-state index in [4.69, 9.17) is 10.6 Å². The van der Waals surface area contributed by atoms with Gasteiger partial charge in [0.25, 0.3) is 0 Å². The van der Waals surface area contributed by atoms with Crippen LogP contribution in [-0.4, -0.2) is 12.1 Å². The Bertz CT molecular complexity index is 637. The Hall–Kier alpha value is -0.470. The van der Waals surface area contributed by atoms with Crippen molar-refractivity contribution in [3.8, 4) is 5.75 Å². The van der Waals surface area contributed by atoms with Crippen LogP contribution in [0.2, 0.25) is 0 Å². The summed E-state index contributed by atoms with van der Waals surface area (Å²) in [6, 6.07) is 7.70. The van der Waals surface area contributed by atoms with Crippen molar-refractivity contribution in [2.75, 3.05) is 7.11 Å². The largest absolute Gasteiger partial charge is 0.497 e. The normalized spacial score (nSPS) is 12.2.